The predicted octanol–water partition coefficient (Wildman–Crippen LogP) is 2.50. The van der Waals surface area contributed by atoms with Gasteiger partial charge in [0.25, 0.3) is 0 Å². The fraction of sp³-hybridized carbons (Fsp3) is 0.524. The lowest BCUT2D eigenvalue weighted by Crippen LogP contribution is -2.38. The van der Waals surface area contributed by atoms with Crippen LogP contribution in [0.2, 0.25) is 5.02 Å². The van der Waals surface area contributed by atoms with Crippen LogP contribution in [0.1, 0.15) is 31.2 Å². The second-order valence-electron chi connectivity index (χ2n) is 8.37. The van der Waals surface area contributed by atoms with E-state index in [1.807, 2.05) is 6.07 Å². The maximum atomic E-state index is 11.0. The molecule has 2 heterocycles. The van der Waals surface area contributed by atoms with E-state index < -0.39 is 10.9 Å². The Bertz CT molecular complexity index is 1010. The molecule has 1 aliphatic heterocycles. The first-order chi connectivity index (χ1) is 15.5. The topological polar surface area (TPSA) is 111 Å². The molecule has 2 atom stereocenters. The van der Waals surface area contributed by atoms with E-state index in [9.17, 15) is 8.42 Å². The molecule has 1 aromatic heterocycles. The van der Waals surface area contributed by atoms with Crippen LogP contribution in [0.15, 0.2) is 24.4 Å². The van der Waals surface area contributed by atoms with Crippen LogP contribution in [0, 0.1) is 5.92 Å². The van der Waals surface area contributed by atoms with Gasteiger partial charge in [0.2, 0.25) is 16.8 Å². The van der Waals surface area contributed by atoms with Crippen molar-refractivity contribution in [3.63, 3.8) is 0 Å². The maximum Gasteiger partial charge on any atom is 0.229 e. The van der Waals surface area contributed by atoms with E-state index in [0.717, 1.165) is 51.0 Å². The smallest absolute Gasteiger partial charge is 0.229 e. The number of thiol groups is 1. The first-order valence-electron chi connectivity index (χ1n) is 11.0. The van der Waals surface area contributed by atoms with Crippen LogP contribution < -0.4 is 25.6 Å². The summed E-state index contributed by atoms with van der Waals surface area (Å²) in [5.41, 5.74) is 3.35. The summed E-state index contributed by atoms with van der Waals surface area (Å²) >= 11 is 6.38. The number of likely N-dealkylation sites (N-methyl/N-ethyl adjacent to an activating group) is 1. The normalized spacial score (nSPS) is 21.2. The van der Waals surface area contributed by atoms with Crippen molar-refractivity contribution >= 4 is 45.6 Å². The first-order valence-corrected chi connectivity index (χ1v) is 12.5. The largest absolute Gasteiger partial charge is 0.373 e. The molecule has 0 bridgehead atoms. The lowest BCUT2D eigenvalue weighted by molar-refractivity contribution is 0.325. The number of fused-ring (bicyclic) bond motifs is 1. The lowest BCUT2D eigenvalue weighted by atomic mass is 9.84. The summed E-state index contributed by atoms with van der Waals surface area (Å²) in [7, 11) is -0.499. The molecular weight excluding hydrogens is 450 g/mol. The van der Waals surface area contributed by atoms with Crippen LogP contribution in [-0.2, 0) is 17.4 Å². The molecule has 4 N–H and O–H groups in total. The summed E-state index contributed by atoms with van der Waals surface area (Å²) < 4.78 is 24.5. The van der Waals surface area contributed by atoms with Crippen molar-refractivity contribution in [3.8, 4) is 0 Å². The molecule has 2 aromatic rings. The number of rotatable bonds is 7. The van der Waals surface area contributed by atoms with Gasteiger partial charge < -0.3 is 20.9 Å². The zero-order valence-electron chi connectivity index (χ0n) is 18.1. The fourth-order valence-electron chi connectivity index (χ4n) is 4.43. The second kappa shape index (κ2) is 10.7. The third kappa shape index (κ3) is 5.80. The summed E-state index contributed by atoms with van der Waals surface area (Å²) in [6.07, 6.45) is 5.66. The van der Waals surface area contributed by atoms with Gasteiger partial charge in [0.05, 0.1) is 6.20 Å². The van der Waals surface area contributed by atoms with Crippen molar-refractivity contribution in [3.05, 3.63) is 35.0 Å². The van der Waals surface area contributed by atoms with E-state index >= 15 is 0 Å². The Labute approximate surface area is 195 Å². The number of anilines is 4. The van der Waals surface area contributed by atoms with Crippen molar-refractivity contribution in [2.24, 2.45) is 5.92 Å². The van der Waals surface area contributed by atoms with Gasteiger partial charge in [0, 0.05) is 50.6 Å². The molecule has 0 radical (unpaired) electrons. The maximum absolute atomic E-state index is 11.0. The van der Waals surface area contributed by atoms with Crippen molar-refractivity contribution in [1.29, 1.82) is 0 Å². The first kappa shape index (κ1) is 23.0. The van der Waals surface area contributed by atoms with E-state index in [1.165, 1.54) is 11.3 Å². The molecule has 1 aromatic carbocycles. The molecule has 11 heteroatoms. The van der Waals surface area contributed by atoms with E-state index in [0.29, 0.717) is 23.3 Å². The van der Waals surface area contributed by atoms with Crippen molar-refractivity contribution in [2.45, 2.75) is 38.3 Å². The average Bonchev–Trinajstić information content (AvgIpc) is 2.96. The minimum absolute atomic E-state index is 0.0977. The van der Waals surface area contributed by atoms with Gasteiger partial charge in [-0.1, -0.05) is 24.4 Å². The molecule has 1 aliphatic carbocycles. The van der Waals surface area contributed by atoms with Gasteiger partial charge in [0.15, 0.2) is 5.82 Å². The SMILES string of the molecule is CN1CCNCc2cc(Nc3ncc(Cl)c(N[C@@H]4CCCC[C@@H]4CN[SH](=O)=O)n3)ccc21. The fourth-order valence-corrected chi connectivity index (χ4v) is 4.96. The van der Waals surface area contributed by atoms with E-state index in [2.05, 4.69) is 54.7 Å². The van der Waals surface area contributed by atoms with Gasteiger partial charge in [0.1, 0.15) is 5.02 Å². The standard InChI is InChI=1S/C21H30ClN7O2S/c1-29-9-8-23-11-15-10-16(6-7-19(15)29)26-21-24-13-17(22)20(28-21)27-18-5-3-2-4-14(18)12-25-32(30)31/h6-7,10,13-14,18,23,32H,2-5,8-9,11-12H2,1H3,(H,25,30,31)(H2,24,26,27,28)/t14-,18-/m1/s1. The molecule has 0 saturated heterocycles. The molecule has 0 amide bonds. The number of hydrogen-bond acceptors (Lipinski definition) is 8. The Kier molecular flexibility index (Phi) is 7.67. The summed E-state index contributed by atoms with van der Waals surface area (Å²) in [5.74, 6) is 1.21. The highest BCUT2D eigenvalue weighted by atomic mass is 35.5. The van der Waals surface area contributed by atoms with Crippen LogP contribution in [0.4, 0.5) is 23.1 Å². The second-order valence-corrected chi connectivity index (χ2v) is 9.61. The highest BCUT2D eigenvalue weighted by Gasteiger charge is 2.26. The van der Waals surface area contributed by atoms with Crippen molar-refractivity contribution in [2.75, 3.05) is 42.2 Å². The van der Waals surface area contributed by atoms with Crippen LogP contribution >= 0.6 is 11.6 Å². The zero-order valence-corrected chi connectivity index (χ0v) is 19.8. The molecule has 0 spiro atoms. The predicted molar refractivity (Wildman–Crippen MR) is 129 cm³/mol. The van der Waals surface area contributed by atoms with Crippen LogP contribution in [-0.4, -0.2) is 51.1 Å². The van der Waals surface area contributed by atoms with Gasteiger partial charge in [-0.15, -0.1) is 0 Å². The van der Waals surface area contributed by atoms with E-state index in [4.69, 9.17) is 11.6 Å². The summed E-state index contributed by atoms with van der Waals surface area (Å²) in [6, 6.07) is 6.35. The highest BCUT2D eigenvalue weighted by molar-refractivity contribution is 7.70. The number of nitrogens with zero attached hydrogens (tertiary/aromatic N) is 3. The van der Waals surface area contributed by atoms with Gasteiger partial charge in [-0.3, -0.25) is 0 Å². The molecule has 4 rings (SSSR count). The Hall–Kier alpha value is -2.14. The van der Waals surface area contributed by atoms with Gasteiger partial charge in [-0.2, -0.15) is 4.98 Å². The average molecular weight is 480 g/mol. The number of aromatic nitrogens is 2. The molecule has 1 saturated carbocycles. The number of hydrogen-bond donors (Lipinski definition) is 5. The van der Waals surface area contributed by atoms with Crippen LogP contribution in [0.25, 0.3) is 0 Å². The van der Waals surface area contributed by atoms with E-state index in [1.54, 1.807) is 6.20 Å². The monoisotopic (exact) mass is 479 g/mol. The van der Waals surface area contributed by atoms with E-state index in [-0.39, 0.29) is 12.0 Å². The molecule has 9 nitrogen and oxygen atoms in total. The number of nitrogens with one attached hydrogen (secondary N) is 4. The number of benzene rings is 1. The molecule has 2 aliphatic rings. The molecular formula is C21H30ClN7O2S. The lowest BCUT2D eigenvalue weighted by Gasteiger charge is -2.32. The zero-order chi connectivity index (χ0) is 22.5. The van der Waals surface area contributed by atoms with Crippen molar-refractivity contribution in [1.82, 2.24) is 20.0 Å². The van der Waals surface area contributed by atoms with Gasteiger partial charge in [-0.25, -0.2) is 18.1 Å². The van der Waals surface area contributed by atoms with Crippen molar-refractivity contribution < 1.29 is 8.42 Å². The van der Waals surface area contributed by atoms with Gasteiger partial charge >= 0.3 is 0 Å². The minimum Gasteiger partial charge on any atom is -0.373 e. The third-order valence-corrected chi connectivity index (χ3v) is 6.86. The summed E-state index contributed by atoms with van der Waals surface area (Å²) in [5, 5.41) is 10.6. The molecule has 32 heavy (non-hydrogen) atoms. The van der Waals surface area contributed by atoms with Crippen LogP contribution in [0.3, 0.4) is 0 Å². The highest BCUT2D eigenvalue weighted by Crippen LogP contribution is 2.30. The summed E-state index contributed by atoms with van der Waals surface area (Å²) in [4.78, 5) is 11.2. The minimum atomic E-state index is -2.60. The summed E-state index contributed by atoms with van der Waals surface area (Å²) in [6.45, 7) is 3.15. The Morgan fingerprint density at radius 3 is 2.97 bits per heavy atom. The Morgan fingerprint density at radius 1 is 1.28 bits per heavy atom. The number of halogens is 1. The molecule has 174 valence electrons. The van der Waals surface area contributed by atoms with Crippen LogP contribution in [0.5, 0.6) is 0 Å². The third-order valence-electron chi connectivity index (χ3n) is 6.14. The Morgan fingerprint density at radius 2 is 2.12 bits per heavy atom. The molecule has 1 fully saturated rings. The van der Waals surface area contributed by atoms with Gasteiger partial charge in [-0.05, 0) is 42.5 Å². The quantitative estimate of drug-likeness (QED) is 0.385. The molecule has 0 unspecified atom stereocenters. The Balaban J connectivity index is 1.48.